The number of phosphoric acid groups is 1. The van der Waals surface area contributed by atoms with Crippen molar-refractivity contribution in [2.24, 2.45) is 5.92 Å². The average Bonchev–Trinajstić information content (AvgIpc) is 2.92. The molecule has 3 N–H and O–H groups in total. The summed E-state index contributed by atoms with van der Waals surface area (Å²) < 4.78 is 41.8. The maximum Gasteiger partial charge on any atom is 0.475 e. The molecule has 1 rings (SSSR count). The first kappa shape index (κ1) is 36.0. The minimum Gasteiger partial charge on any atom is -0.454 e. The molecule has 1 aliphatic heterocycles. The van der Waals surface area contributed by atoms with E-state index in [9.17, 15) is 24.4 Å². The van der Waals surface area contributed by atoms with Crippen molar-refractivity contribution >= 4 is 42.5 Å². The number of nitrogens with one attached hydrogen (secondary N) is 1. The second kappa shape index (κ2) is 19.1. The first-order chi connectivity index (χ1) is 19.1. The summed E-state index contributed by atoms with van der Waals surface area (Å²) in [5, 5.41) is 25.1. The highest BCUT2D eigenvalue weighted by Gasteiger charge is 2.43. The van der Waals surface area contributed by atoms with Crippen molar-refractivity contribution in [3.63, 3.8) is 0 Å². The molecular formula is C27H39INO10P. The van der Waals surface area contributed by atoms with Crippen LogP contribution in [0.4, 0.5) is 4.79 Å². The highest BCUT2D eigenvalue weighted by Crippen LogP contribution is 2.52. The average molecular weight is 695 g/mol. The van der Waals surface area contributed by atoms with Crippen LogP contribution in [0.5, 0.6) is 0 Å². The number of carbonyl (C=O) groups excluding carboxylic acids is 2. The Morgan fingerprint density at radius 3 is 2.48 bits per heavy atom. The Hall–Kier alpha value is -2.06. The maximum absolute atomic E-state index is 13.5. The number of amides is 1. The molecule has 0 saturated carbocycles. The topological polar surface area (TPSA) is 150 Å². The maximum atomic E-state index is 13.5. The van der Waals surface area contributed by atoms with E-state index in [1.54, 1.807) is 10.2 Å². The number of hydrogen-bond donors (Lipinski definition) is 3. The molecule has 1 amide bonds. The van der Waals surface area contributed by atoms with Crippen LogP contribution in [0.1, 0.15) is 26.2 Å². The lowest BCUT2D eigenvalue weighted by Gasteiger charge is -2.36. The molecule has 0 unspecified atom stereocenters. The van der Waals surface area contributed by atoms with Crippen molar-refractivity contribution in [2.45, 2.75) is 50.1 Å². The minimum absolute atomic E-state index is 0.0139. The van der Waals surface area contributed by atoms with Gasteiger partial charge in [-0.2, -0.15) is 0 Å². The number of cyclic esters (lactones) is 1. The standard InChI is InChI=1S/C27H39INO10P/c1-5-17-35-26(32)29-16-14-27(33,13-11-23-21(8-4)9-10-25(31)38-23)24(20-22(30)12-15-28)39-40(34,36-18-6-2)37-19-7-3/h5-7,9-13,15,21-24,30,33H,1-3,8,14,16-20H2,4H3,(H,29,32)/b13-11+,15-12-/t21-,22-,23-,24+,27-/m0/s1. The fraction of sp³-hybridized carbons (Fsp3) is 0.481. The highest BCUT2D eigenvalue weighted by atomic mass is 127. The normalized spacial score (nSPS) is 20.4. The van der Waals surface area contributed by atoms with Crippen LogP contribution in [0.15, 0.2) is 72.4 Å². The van der Waals surface area contributed by atoms with Crippen molar-refractivity contribution < 1.29 is 47.4 Å². The summed E-state index contributed by atoms with van der Waals surface area (Å²) in [6.07, 6.45) is 7.69. The predicted octanol–water partition coefficient (Wildman–Crippen LogP) is 4.68. The summed E-state index contributed by atoms with van der Waals surface area (Å²) in [7, 11) is -4.32. The first-order valence-electron chi connectivity index (χ1n) is 12.6. The Bertz CT molecular complexity index is 968. The number of alkyl carbamates (subject to hydrolysis) is 1. The number of hydrogen-bond acceptors (Lipinski definition) is 10. The van der Waals surface area contributed by atoms with Gasteiger partial charge in [0.15, 0.2) is 0 Å². The molecule has 0 saturated heterocycles. The monoisotopic (exact) mass is 695 g/mol. The Balaban J connectivity index is 3.46. The Labute approximate surface area is 249 Å². The predicted molar refractivity (Wildman–Crippen MR) is 160 cm³/mol. The van der Waals surface area contributed by atoms with Crippen LogP contribution in [0.2, 0.25) is 0 Å². The van der Waals surface area contributed by atoms with Gasteiger partial charge in [-0.3, -0.25) is 13.6 Å². The Morgan fingerprint density at radius 1 is 1.25 bits per heavy atom. The van der Waals surface area contributed by atoms with E-state index in [1.165, 1.54) is 42.5 Å². The van der Waals surface area contributed by atoms with Crippen molar-refractivity contribution in [3.8, 4) is 0 Å². The lowest BCUT2D eigenvalue weighted by Crippen LogP contribution is -2.46. The molecule has 0 fully saturated rings. The third-order valence-corrected chi connectivity index (χ3v) is 7.45. The summed E-state index contributed by atoms with van der Waals surface area (Å²) in [6, 6.07) is 0. The zero-order valence-electron chi connectivity index (χ0n) is 22.6. The van der Waals surface area contributed by atoms with Gasteiger partial charge in [0.2, 0.25) is 0 Å². The van der Waals surface area contributed by atoms with Crippen LogP contribution in [-0.2, 0) is 32.4 Å². The van der Waals surface area contributed by atoms with Crippen LogP contribution in [0.3, 0.4) is 0 Å². The molecule has 0 aliphatic carbocycles. The van der Waals surface area contributed by atoms with Crippen LogP contribution in [-0.4, -0.2) is 72.6 Å². The van der Waals surface area contributed by atoms with Crippen LogP contribution >= 0.6 is 30.4 Å². The highest BCUT2D eigenvalue weighted by molar-refractivity contribution is 14.1. The van der Waals surface area contributed by atoms with Gasteiger partial charge in [0.1, 0.15) is 24.4 Å². The van der Waals surface area contributed by atoms with Gasteiger partial charge in [-0.15, -0.1) is 13.2 Å². The molecule has 1 heterocycles. The van der Waals surface area contributed by atoms with E-state index in [2.05, 4.69) is 25.1 Å². The van der Waals surface area contributed by atoms with Crippen LogP contribution in [0.25, 0.3) is 0 Å². The summed E-state index contributed by atoms with van der Waals surface area (Å²) >= 11 is 1.92. The molecule has 5 atom stereocenters. The van der Waals surface area contributed by atoms with Gasteiger partial charge in [-0.05, 0) is 23.0 Å². The minimum atomic E-state index is -4.32. The molecule has 40 heavy (non-hydrogen) atoms. The third-order valence-electron chi connectivity index (χ3n) is 5.59. The van der Waals surface area contributed by atoms with Gasteiger partial charge in [-0.1, -0.05) is 72.5 Å². The number of aliphatic hydroxyl groups is 2. The van der Waals surface area contributed by atoms with Gasteiger partial charge >= 0.3 is 19.9 Å². The van der Waals surface area contributed by atoms with Crippen molar-refractivity contribution in [1.82, 2.24) is 5.32 Å². The summed E-state index contributed by atoms with van der Waals surface area (Å²) in [4.78, 5) is 23.9. The van der Waals surface area contributed by atoms with E-state index in [1.807, 2.05) is 29.5 Å². The number of aliphatic hydroxyl groups excluding tert-OH is 1. The summed E-state index contributed by atoms with van der Waals surface area (Å²) in [6.45, 7) is 12.0. The Kier molecular flexibility index (Phi) is 17.2. The van der Waals surface area contributed by atoms with Crippen LogP contribution < -0.4 is 5.32 Å². The zero-order valence-corrected chi connectivity index (χ0v) is 25.6. The molecule has 1 aliphatic rings. The zero-order chi connectivity index (χ0) is 30.0. The number of halogens is 1. The summed E-state index contributed by atoms with van der Waals surface area (Å²) in [5.41, 5.74) is -1.98. The van der Waals surface area contributed by atoms with Crippen molar-refractivity contribution in [2.75, 3.05) is 26.4 Å². The van der Waals surface area contributed by atoms with E-state index < -0.39 is 43.8 Å². The largest absolute Gasteiger partial charge is 0.475 e. The molecule has 224 valence electrons. The van der Waals surface area contributed by atoms with Gasteiger partial charge in [0, 0.05) is 25.0 Å². The Morgan fingerprint density at radius 2 is 1.90 bits per heavy atom. The molecule has 0 spiro atoms. The first-order valence-corrected chi connectivity index (χ1v) is 15.3. The number of phosphoric ester groups is 1. The number of carbonyl (C=O) groups is 2. The molecule has 0 aromatic heterocycles. The molecule has 0 aromatic rings. The van der Waals surface area contributed by atoms with E-state index in [0.717, 1.165) is 0 Å². The fourth-order valence-electron chi connectivity index (χ4n) is 3.55. The number of rotatable bonds is 20. The van der Waals surface area contributed by atoms with Gasteiger partial charge in [0.05, 0.1) is 19.3 Å². The molecule has 0 aromatic carbocycles. The second-order valence-corrected chi connectivity index (χ2v) is 10.9. The summed E-state index contributed by atoms with van der Waals surface area (Å²) in [5.74, 6) is -0.694. The van der Waals surface area contributed by atoms with E-state index in [-0.39, 0.29) is 45.1 Å². The van der Waals surface area contributed by atoms with E-state index in [0.29, 0.717) is 6.42 Å². The molecule has 11 nitrogen and oxygen atoms in total. The van der Waals surface area contributed by atoms with Crippen molar-refractivity contribution in [3.05, 3.63) is 72.4 Å². The molecule has 13 heteroatoms. The number of esters is 1. The van der Waals surface area contributed by atoms with E-state index >= 15 is 0 Å². The third kappa shape index (κ3) is 13.1. The van der Waals surface area contributed by atoms with Crippen molar-refractivity contribution in [1.29, 1.82) is 0 Å². The number of ether oxygens (including phenoxy) is 2. The SMILES string of the molecule is C=CCOC(=O)NCC[C@@](O)(/C=C/[C@@H]1OC(=O)C=C[C@@H]1CC)[C@@H](C[C@@H](O)/C=C\I)OP(=O)(OCC=C)OCC=C. The van der Waals surface area contributed by atoms with Crippen LogP contribution in [0, 0.1) is 5.92 Å². The second-order valence-electron chi connectivity index (χ2n) is 8.58. The van der Waals surface area contributed by atoms with Gasteiger partial charge in [0.25, 0.3) is 0 Å². The quantitative estimate of drug-likeness (QED) is 0.0710. The van der Waals surface area contributed by atoms with Gasteiger partial charge < -0.3 is 25.0 Å². The molecular weight excluding hydrogens is 656 g/mol. The lowest BCUT2D eigenvalue weighted by molar-refractivity contribution is -0.143. The van der Waals surface area contributed by atoms with Gasteiger partial charge in [-0.25, -0.2) is 14.2 Å². The molecule has 0 radical (unpaired) electrons. The molecule has 0 bridgehead atoms. The van der Waals surface area contributed by atoms with E-state index in [4.69, 9.17) is 23.0 Å². The smallest absolute Gasteiger partial charge is 0.454 e. The fourth-order valence-corrected chi connectivity index (χ4v) is 5.38. The lowest BCUT2D eigenvalue weighted by atomic mass is 9.87.